The Labute approximate surface area is 141 Å². The number of furan rings is 1. The quantitative estimate of drug-likeness (QED) is 0.409. The van der Waals surface area contributed by atoms with Gasteiger partial charge in [-0.2, -0.15) is 0 Å². The fourth-order valence-electron chi connectivity index (χ4n) is 2.71. The first-order valence-corrected chi connectivity index (χ1v) is 8.57. The average Bonchev–Trinajstić information content (AvgIpc) is 3.25. The van der Waals surface area contributed by atoms with Gasteiger partial charge in [-0.3, -0.25) is 4.79 Å². The van der Waals surface area contributed by atoms with Crippen LogP contribution in [-0.4, -0.2) is 31.3 Å². The second-order valence-electron chi connectivity index (χ2n) is 5.22. The van der Waals surface area contributed by atoms with E-state index in [1.54, 1.807) is 12.1 Å². The van der Waals surface area contributed by atoms with Crippen LogP contribution in [0.4, 0.5) is 0 Å². The number of para-hydroxylation sites is 1. The standard InChI is InChI=1S/C17H14N4O2S/c1-2-21-12-7-4-3-6-11(12)15-16(21)18-17(20-19-15)24-10-13(22)14-8-5-9-23-14/h3-9H,2,10H2,1H3. The predicted molar refractivity (Wildman–Crippen MR) is 92.3 cm³/mol. The van der Waals surface area contributed by atoms with Crippen molar-refractivity contribution >= 4 is 39.6 Å². The molecule has 0 spiro atoms. The number of carbonyl (C=O) groups excluding carboxylic acids is 1. The third-order valence-electron chi connectivity index (χ3n) is 3.80. The molecule has 3 aromatic heterocycles. The van der Waals surface area contributed by atoms with Crippen molar-refractivity contribution in [1.82, 2.24) is 19.7 Å². The molecule has 120 valence electrons. The van der Waals surface area contributed by atoms with Gasteiger partial charge in [0.05, 0.1) is 17.5 Å². The molecule has 4 aromatic rings. The van der Waals surface area contributed by atoms with E-state index < -0.39 is 0 Å². The first kappa shape index (κ1) is 14.9. The lowest BCUT2D eigenvalue weighted by molar-refractivity contribution is 0.0992. The molecule has 1 aromatic carbocycles. The van der Waals surface area contributed by atoms with Crippen molar-refractivity contribution in [1.29, 1.82) is 0 Å². The first-order valence-electron chi connectivity index (χ1n) is 7.59. The van der Waals surface area contributed by atoms with Gasteiger partial charge in [0.15, 0.2) is 11.4 Å². The highest BCUT2D eigenvalue weighted by atomic mass is 32.2. The molecule has 0 aliphatic rings. The Morgan fingerprint density at radius 3 is 2.88 bits per heavy atom. The summed E-state index contributed by atoms with van der Waals surface area (Å²) in [4.78, 5) is 16.6. The van der Waals surface area contributed by atoms with Crippen LogP contribution in [0, 0.1) is 0 Å². The lowest BCUT2D eigenvalue weighted by Crippen LogP contribution is -2.03. The smallest absolute Gasteiger partial charge is 0.211 e. The monoisotopic (exact) mass is 338 g/mol. The SMILES string of the molecule is CCn1c2ccccc2c2nnc(SCC(=O)c3ccco3)nc21. The molecule has 7 heteroatoms. The molecule has 0 aliphatic heterocycles. The molecule has 0 saturated heterocycles. The second-order valence-corrected chi connectivity index (χ2v) is 6.16. The summed E-state index contributed by atoms with van der Waals surface area (Å²) in [5.74, 6) is 0.469. The third kappa shape index (κ3) is 2.46. The number of Topliss-reactive ketones (excluding diaryl/α,β-unsaturated/α-hetero) is 1. The Morgan fingerprint density at radius 2 is 2.08 bits per heavy atom. The molecule has 3 heterocycles. The third-order valence-corrected chi connectivity index (χ3v) is 4.64. The summed E-state index contributed by atoms with van der Waals surface area (Å²) in [5.41, 5.74) is 2.67. The summed E-state index contributed by atoms with van der Waals surface area (Å²) < 4.78 is 7.22. The molecule has 0 radical (unpaired) electrons. The van der Waals surface area contributed by atoms with Crippen molar-refractivity contribution < 1.29 is 9.21 Å². The number of hydrogen-bond acceptors (Lipinski definition) is 6. The lowest BCUT2D eigenvalue weighted by atomic mass is 10.2. The molecule has 0 aliphatic carbocycles. The van der Waals surface area contributed by atoms with Crippen LogP contribution in [0.3, 0.4) is 0 Å². The summed E-state index contributed by atoms with van der Waals surface area (Å²) in [6.07, 6.45) is 1.49. The van der Waals surface area contributed by atoms with E-state index in [1.807, 2.05) is 18.2 Å². The van der Waals surface area contributed by atoms with Gasteiger partial charge in [-0.05, 0) is 25.1 Å². The fraction of sp³-hybridized carbons (Fsp3) is 0.176. The van der Waals surface area contributed by atoms with Gasteiger partial charge >= 0.3 is 0 Å². The minimum absolute atomic E-state index is 0.0928. The van der Waals surface area contributed by atoms with Gasteiger partial charge in [0.2, 0.25) is 10.9 Å². The van der Waals surface area contributed by atoms with Crippen molar-refractivity contribution in [3.05, 3.63) is 48.4 Å². The summed E-state index contributed by atoms with van der Waals surface area (Å²) in [7, 11) is 0. The highest BCUT2D eigenvalue weighted by molar-refractivity contribution is 7.99. The minimum atomic E-state index is -0.0928. The van der Waals surface area contributed by atoms with Crippen LogP contribution in [0.25, 0.3) is 22.1 Å². The highest BCUT2D eigenvalue weighted by Gasteiger charge is 2.15. The van der Waals surface area contributed by atoms with E-state index in [0.717, 1.165) is 28.6 Å². The van der Waals surface area contributed by atoms with E-state index >= 15 is 0 Å². The number of nitrogens with zero attached hydrogens (tertiary/aromatic N) is 4. The molecule has 0 saturated carbocycles. The number of benzene rings is 1. The van der Waals surface area contributed by atoms with E-state index in [9.17, 15) is 4.79 Å². The topological polar surface area (TPSA) is 73.8 Å². The van der Waals surface area contributed by atoms with Gasteiger partial charge in [-0.15, -0.1) is 10.2 Å². The maximum Gasteiger partial charge on any atom is 0.211 e. The van der Waals surface area contributed by atoms with Crippen LogP contribution in [-0.2, 0) is 6.54 Å². The molecular formula is C17H14N4O2S. The summed E-state index contributed by atoms with van der Waals surface area (Å²) in [6.45, 7) is 2.86. The first-order chi connectivity index (χ1) is 11.8. The van der Waals surface area contributed by atoms with Crippen LogP contribution >= 0.6 is 11.8 Å². The number of aryl methyl sites for hydroxylation is 1. The van der Waals surface area contributed by atoms with Gasteiger partial charge in [0.1, 0.15) is 5.52 Å². The molecule has 4 rings (SSSR count). The Morgan fingerprint density at radius 1 is 1.21 bits per heavy atom. The second kappa shape index (κ2) is 6.09. The minimum Gasteiger partial charge on any atom is -0.461 e. The molecule has 24 heavy (non-hydrogen) atoms. The fourth-order valence-corrected chi connectivity index (χ4v) is 3.36. The molecule has 0 atom stereocenters. The summed E-state index contributed by atoms with van der Waals surface area (Å²) in [6, 6.07) is 11.4. The number of hydrogen-bond donors (Lipinski definition) is 0. The maximum atomic E-state index is 12.0. The van der Waals surface area contributed by atoms with Crippen molar-refractivity contribution in [2.45, 2.75) is 18.6 Å². The van der Waals surface area contributed by atoms with Gasteiger partial charge < -0.3 is 8.98 Å². The van der Waals surface area contributed by atoms with Crippen LogP contribution < -0.4 is 0 Å². The zero-order valence-corrected chi connectivity index (χ0v) is 13.8. The van der Waals surface area contributed by atoms with Gasteiger partial charge in [0, 0.05) is 11.9 Å². The maximum absolute atomic E-state index is 12.0. The number of aromatic nitrogens is 4. The van der Waals surface area contributed by atoms with E-state index in [4.69, 9.17) is 4.42 Å². The van der Waals surface area contributed by atoms with Gasteiger partial charge in [-0.25, -0.2) is 4.98 Å². The van der Waals surface area contributed by atoms with Crippen molar-refractivity contribution in [2.75, 3.05) is 5.75 Å². The molecule has 0 bridgehead atoms. The number of ketones is 1. The zero-order chi connectivity index (χ0) is 16.5. The van der Waals surface area contributed by atoms with E-state index in [1.165, 1.54) is 18.0 Å². The number of fused-ring (bicyclic) bond motifs is 3. The molecule has 0 fully saturated rings. The average molecular weight is 338 g/mol. The van der Waals surface area contributed by atoms with E-state index in [2.05, 4.69) is 32.7 Å². The number of thioether (sulfide) groups is 1. The molecular weight excluding hydrogens is 324 g/mol. The van der Waals surface area contributed by atoms with Crippen molar-refractivity contribution in [3.8, 4) is 0 Å². The Hall–Kier alpha value is -2.67. The summed E-state index contributed by atoms with van der Waals surface area (Å²) in [5, 5.41) is 10.0. The summed E-state index contributed by atoms with van der Waals surface area (Å²) >= 11 is 1.26. The van der Waals surface area contributed by atoms with Gasteiger partial charge in [-0.1, -0.05) is 30.0 Å². The molecule has 6 nitrogen and oxygen atoms in total. The normalized spacial score (nSPS) is 11.4. The predicted octanol–water partition coefficient (Wildman–Crippen LogP) is 3.57. The molecule has 0 N–H and O–H groups in total. The van der Waals surface area contributed by atoms with Crippen LogP contribution in [0.2, 0.25) is 0 Å². The van der Waals surface area contributed by atoms with Crippen molar-refractivity contribution in [2.24, 2.45) is 0 Å². The Balaban J connectivity index is 1.68. The molecule has 0 unspecified atom stereocenters. The Bertz CT molecular complexity index is 1020. The lowest BCUT2D eigenvalue weighted by Gasteiger charge is -2.02. The zero-order valence-electron chi connectivity index (χ0n) is 13.0. The van der Waals surface area contributed by atoms with Crippen LogP contribution in [0.5, 0.6) is 0 Å². The van der Waals surface area contributed by atoms with Crippen LogP contribution in [0.15, 0.2) is 52.2 Å². The van der Waals surface area contributed by atoms with Gasteiger partial charge in [0.25, 0.3) is 0 Å². The highest BCUT2D eigenvalue weighted by Crippen LogP contribution is 2.27. The number of rotatable bonds is 5. The Kier molecular flexibility index (Phi) is 3.78. The molecule has 0 amide bonds. The number of carbonyl (C=O) groups is 1. The largest absolute Gasteiger partial charge is 0.461 e. The van der Waals surface area contributed by atoms with E-state index in [0.29, 0.717) is 10.9 Å². The van der Waals surface area contributed by atoms with Crippen LogP contribution in [0.1, 0.15) is 17.5 Å². The van der Waals surface area contributed by atoms with Crippen molar-refractivity contribution in [3.63, 3.8) is 0 Å². The van der Waals surface area contributed by atoms with E-state index in [-0.39, 0.29) is 11.5 Å².